The smallest absolute Gasteiger partial charge is 0.343 e. The Bertz CT molecular complexity index is 776. The number of benzene rings is 3. The number of ether oxygens (including phenoxy) is 1. The van der Waals surface area contributed by atoms with Crippen LogP contribution in [0.15, 0.2) is 99.6 Å². The standard InChI is InChI=1S/C22H21O2S/c1-2-17-24-22(23)20-15-9-10-16-21(20)25(18-11-5-3-6-12-18)19-13-7-4-8-14-19/h3-16H,2,17H2,1H3/q+1. The second kappa shape index (κ2) is 8.54. The molecule has 0 N–H and O–H groups in total. The second-order valence-electron chi connectivity index (χ2n) is 5.56. The normalized spacial score (nSPS) is 10.6. The number of rotatable bonds is 6. The molecule has 0 aliphatic rings. The van der Waals surface area contributed by atoms with E-state index in [0.29, 0.717) is 12.2 Å². The summed E-state index contributed by atoms with van der Waals surface area (Å²) in [6.07, 6.45) is 0.816. The first kappa shape index (κ1) is 17.3. The van der Waals surface area contributed by atoms with Gasteiger partial charge >= 0.3 is 5.97 Å². The third kappa shape index (κ3) is 4.12. The first-order valence-electron chi connectivity index (χ1n) is 8.42. The van der Waals surface area contributed by atoms with Gasteiger partial charge in [0.25, 0.3) is 0 Å². The van der Waals surface area contributed by atoms with Gasteiger partial charge in [-0.3, -0.25) is 0 Å². The van der Waals surface area contributed by atoms with Crippen molar-refractivity contribution in [2.24, 2.45) is 0 Å². The van der Waals surface area contributed by atoms with Crippen LogP contribution in [0.5, 0.6) is 0 Å². The van der Waals surface area contributed by atoms with E-state index in [1.807, 2.05) is 67.6 Å². The Balaban J connectivity index is 2.10. The van der Waals surface area contributed by atoms with Gasteiger partial charge in [0.05, 0.1) is 6.61 Å². The van der Waals surface area contributed by atoms with E-state index in [0.717, 1.165) is 11.3 Å². The van der Waals surface area contributed by atoms with E-state index in [9.17, 15) is 4.79 Å². The summed E-state index contributed by atoms with van der Waals surface area (Å²) in [4.78, 5) is 15.9. The quantitative estimate of drug-likeness (QED) is 0.443. The van der Waals surface area contributed by atoms with Crippen molar-refractivity contribution in [1.29, 1.82) is 0 Å². The Morgan fingerprint density at radius 2 is 1.32 bits per heavy atom. The summed E-state index contributed by atoms with van der Waals surface area (Å²) in [6, 6.07) is 28.4. The summed E-state index contributed by atoms with van der Waals surface area (Å²) in [5.41, 5.74) is 0.645. The van der Waals surface area contributed by atoms with Gasteiger partial charge in [-0.15, -0.1) is 0 Å². The molecule has 0 fully saturated rings. The molecule has 0 aliphatic heterocycles. The van der Waals surface area contributed by atoms with Crippen LogP contribution in [-0.2, 0) is 15.6 Å². The van der Waals surface area contributed by atoms with Crippen LogP contribution in [0.25, 0.3) is 0 Å². The van der Waals surface area contributed by atoms with Crippen LogP contribution in [0.2, 0.25) is 0 Å². The van der Waals surface area contributed by atoms with E-state index in [1.165, 1.54) is 9.79 Å². The highest BCUT2D eigenvalue weighted by molar-refractivity contribution is 7.97. The Morgan fingerprint density at radius 3 is 1.88 bits per heavy atom. The zero-order chi connectivity index (χ0) is 17.5. The van der Waals surface area contributed by atoms with E-state index in [1.54, 1.807) is 0 Å². The van der Waals surface area contributed by atoms with Crippen molar-refractivity contribution in [1.82, 2.24) is 0 Å². The summed E-state index contributed by atoms with van der Waals surface area (Å²) in [6.45, 7) is 2.44. The van der Waals surface area contributed by atoms with Crippen LogP contribution in [0.4, 0.5) is 0 Å². The average Bonchev–Trinajstić information content (AvgIpc) is 2.68. The first-order chi connectivity index (χ1) is 12.3. The molecule has 126 valence electrons. The molecule has 0 spiro atoms. The van der Waals surface area contributed by atoms with Gasteiger partial charge in [0, 0.05) is 0 Å². The Kier molecular flexibility index (Phi) is 5.91. The average molecular weight is 349 g/mol. The number of carbonyl (C=O) groups is 1. The molecule has 0 saturated carbocycles. The molecular formula is C22H21O2S+. The molecule has 0 saturated heterocycles. The molecule has 0 atom stereocenters. The van der Waals surface area contributed by atoms with Gasteiger partial charge in [-0.05, 0) is 42.8 Å². The van der Waals surface area contributed by atoms with Gasteiger partial charge in [0.15, 0.2) is 14.7 Å². The molecule has 0 amide bonds. The van der Waals surface area contributed by atoms with E-state index >= 15 is 0 Å². The minimum absolute atomic E-state index is 0.248. The molecule has 3 aromatic carbocycles. The molecule has 3 rings (SSSR count). The van der Waals surface area contributed by atoms with Crippen LogP contribution in [0.3, 0.4) is 0 Å². The molecule has 3 aromatic rings. The van der Waals surface area contributed by atoms with Crippen molar-refractivity contribution in [3.05, 3.63) is 90.5 Å². The monoisotopic (exact) mass is 349 g/mol. The molecular weight excluding hydrogens is 328 g/mol. The minimum atomic E-state index is -0.353. The van der Waals surface area contributed by atoms with Crippen molar-refractivity contribution in [3.8, 4) is 0 Å². The van der Waals surface area contributed by atoms with Crippen LogP contribution in [-0.4, -0.2) is 12.6 Å². The lowest BCUT2D eigenvalue weighted by atomic mass is 10.2. The van der Waals surface area contributed by atoms with Gasteiger partial charge in [-0.1, -0.05) is 55.5 Å². The summed E-state index contributed by atoms with van der Waals surface area (Å²) >= 11 is 0. The van der Waals surface area contributed by atoms with Gasteiger partial charge in [-0.25, -0.2) is 4.79 Å². The topological polar surface area (TPSA) is 26.3 Å². The zero-order valence-electron chi connectivity index (χ0n) is 14.2. The molecule has 0 heterocycles. The predicted molar refractivity (Wildman–Crippen MR) is 102 cm³/mol. The van der Waals surface area contributed by atoms with Gasteiger partial charge in [-0.2, -0.15) is 0 Å². The molecule has 0 bridgehead atoms. The Labute approximate surface area is 151 Å². The van der Waals surface area contributed by atoms with Crippen LogP contribution < -0.4 is 0 Å². The maximum atomic E-state index is 12.6. The highest BCUT2D eigenvalue weighted by Gasteiger charge is 2.33. The maximum absolute atomic E-state index is 12.6. The minimum Gasteiger partial charge on any atom is -0.462 e. The lowest BCUT2D eigenvalue weighted by Crippen LogP contribution is -2.13. The maximum Gasteiger partial charge on any atom is 0.343 e. The summed E-state index contributed by atoms with van der Waals surface area (Å²) in [5.74, 6) is -0.248. The number of carbonyl (C=O) groups excluding carboxylic acids is 1. The summed E-state index contributed by atoms with van der Waals surface area (Å²) < 4.78 is 5.41. The SMILES string of the molecule is CCCOC(=O)c1ccccc1[S+](c1ccccc1)c1ccccc1. The highest BCUT2D eigenvalue weighted by atomic mass is 32.2. The lowest BCUT2D eigenvalue weighted by Gasteiger charge is -2.11. The summed E-state index contributed by atoms with van der Waals surface area (Å²) in [7, 11) is -0.353. The van der Waals surface area contributed by atoms with Crippen molar-refractivity contribution in [3.63, 3.8) is 0 Å². The van der Waals surface area contributed by atoms with Gasteiger partial charge in [0.1, 0.15) is 16.5 Å². The molecule has 25 heavy (non-hydrogen) atoms. The fourth-order valence-electron chi connectivity index (χ4n) is 2.59. The molecule has 0 unspecified atom stereocenters. The lowest BCUT2D eigenvalue weighted by molar-refractivity contribution is 0.0501. The molecule has 0 aliphatic carbocycles. The van der Waals surface area contributed by atoms with Crippen molar-refractivity contribution >= 4 is 16.9 Å². The first-order valence-corrected chi connectivity index (χ1v) is 9.64. The second-order valence-corrected chi connectivity index (χ2v) is 7.56. The van der Waals surface area contributed by atoms with Crippen molar-refractivity contribution in [2.45, 2.75) is 28.0 Å². The largest absolute Gasteiger partial charge is 0.462 e. The van der Waals surface area contributed by atoms with Crippen LogP contribution in [0, 0.1) is 0 Å². The van der Waals surface area contributed by atoms with Gasteiger partial charge < -0.3 is 4.74 Å². The number of hydrogen-bond donors (Lipinski definition) is 0. The van der Waals surface area contributed by atoms with Crippen molar-refractivity contribution < 1.29 is 9.53 Å². The number of hydrogen-bond acceptors (Lipinski definition) is 2. The van der Waals surface area contributed by atoms with Crippen molar-refractivity contribution in [2.75, 3.05) is 6.61 Å². The Hall–Kier alpha value is -2.52. The van der Waals surface area contributed by atoms with E-state index < -0.39 is 0 Å². The molecule has 3 heteroatoms. The molecule has 2 nitrogen and oxygen atoms in total. The number of esters is 1. The van der Waals surface area contributed by atoms with Crippen LogP contribution >= 0.6 is 0 Å². The fourth-order valence-corrected chi connectivity index (χ4v) is 4.81. The third-order valence-electron chi connectivity index (χ3n) is 3.72. The zero-order valence-corrected chi connectivity index (χ0v) is 15.0. The van der Waals surface area contributed by atoms with Crippen LogP contribution in [0.1, 0.15) is 23.7 Å². The predicted octanol–water partition coefficient (Wildman–Crippen LogP) is 5.35. The third-order valence-corrected chi connectivity index (χ3v) is 6.00. The van der Waals surface area contributed by atoms with E-state index in [4.69, 9.17) is 4.74 Å². The van der Waals surface area contributed by atoms with E-state index in [2.05, 4.69) is 24.3 Å². The highest BCUT2D eigenvalue weighted by Crippen LogP contribution is 2.33. The Morgan fingerprint density at radius 1 is 0.800 bits per heavy atom. The van der Waals surface area contributed by atoms with Gasteiger partial charge in [0.2, 0.25) is 0 Å². The van der Waals surface area contributed by atoms with E-state index in [-0.39, 0.29) is 16.9 Å². The fraction of sp³-hybridized carbons (Fsp3) is 0.136. The molecule has 0 aromatic heterocycles. The molecule has 0 radical (unpaired) electrons. The summed E-state index contributed by atoms with van der Waals surface area (Å²) in [5, 5.41) is 0.